The molecule has 0 rings (SSSR count). The molecule has 0 spiro atoms. The third-order valence-electron chi connectivity index (χ3n) is 0.537. The summed E-state index contributed by atoms with van der Waals surface area (Å²) in [6.45, 7) is 3.07. The van der Waals surface area contributed by atoms with Crippen LogP contribution >= 0.6 is 10.9 Å². The molecule has 2 nitrogen and oxygen atoms in total. The predicted molar refractivity (Wildman–Crippen MR) is 37.2 cm³/mol. The van der Waals surface area contributed by atoms with Crippen LogP contribution in [0, 0.1) is 0 Å². The van der Waals surface area contributed by atoms with Crippen molar-refractivity contribution in [3.05, 3.63) is 0 Å². The molecule has 3 heteroatoms. The van der Waals surface area contributed by atoms with Gasteiger partial charge in [0.1, 0.15) is 0 Å². The van der Waals surface area contributed by atoms with Crippen molar-refractivity contribution in [2.45, 2.75) is 13.3 Å². The van der Waals surface area contributed by atoms with Gasteiger partial charge in [0.15, 0.2) is 0 Å². The van der Waals surface area contributed by atoms with Crippen molar-refractivity contribution in [1.29, 1.82) is 0 Å². The molecule has 0 saturated carbocycles. The molecule has 1 unspecified atom stereocenters. The molecular formula is C4H12N2S. The van der Waals surface area contributed by atoms with Crippen molar-refractivity contribution in [2.75, 3.05) is 6.54 Å². The minimum atomic E-state index is -0.315. The Morgan fingerprint density at radius 2 is 2.43 bits per heavy atom. The maximum absolute atomic E-state index is 5.28. The Bertz CT molecular complexity index is 62.7. The van der Waals surface area contributed by atoms with Crippen LogP contribution in [0.1, 0.15) is 13.3 Å². The zero-order chi connectivity index (χ0) is 5.70. The molecule has 0 aromatic heterocycles. The van der Waals surface area contributed by atoms with Gasteiger partial charge in [-0.15, -0.1) is 0 Å². The van der Waals surface area contributed by atoms with Gasteiger partial charge in [0.25, 0.3) is 0 Å². The van der Waals surface area contributed by atoms with Crippen LogP contribution in [0.15, 0.2) is 0 Å². The molecule has 0 bridgehead atoms. The van der Waals surface area contributed by atoms with Gasteiger partial charge in [-0.25, -0.2) is 0 Å². The van der Waals surface area contributed by atoms with Crippen LogP contribution in [0.3, 0.4) is 0 Å². The fourth-order valence-corrected chi connectivity index (χ4v) is 0.699. The molecule has 0 saturated heterocycles. The summed E-state index contributed by atoms with van der Waals surface area (Å²) in [5.41, 5.74) is 0. The van der Waals surface area contributed by atoms with Gasteiger partial charge in [-0.3, -0.25) is 9.86 Å². The molecule has 0 radical (unpaired) electrons. The van der Waals surface area contributed by atoms with E-state index in [0.717, 1.165) is 13.0 Å². The second kappa shape index (κ2) is 4.30. The largest absolute Gasteiger partial charge is 0.272 e. The van der Waals surface area contributed by atoms with E-state index in [9.17, 15) is 0 Å². The number of hydrogen-bond acceptors (Lipinski definition) is 2. The van der Waals surface area contributed by atoms with E-state index in [1.165, 1.54) is 0 Å². The normalized spacial score (nSPS) is 14.0. The first-order chi connectivity index (χ1) is 3.27. The Kier molecular flexibility index (Phi) is 4.39. The molecule has 0 aliphatic rings. The molecule has 0 fully saturated rings. The van der Waals surface area contributed by atoms with Crippen molar-refractivity contribution in [3.63, 3.8) is 0 Å². The van der Waals surface area contributed by atoms with E-state index >= 15 is 0 Å². The Morgan fingerprint density at radius 1 is 1.86 bits per heavy atom. The van der Waals surface area contributed by atoms with Crippen LogP contribution < -0.4 is 9.86 Å². The van der Waals surface area contributed by atoms with Gasteiger partial charge in [-0.2, -0.15) is 0 Å². The fourth-order valence-electron chi connectivity index (χ4n) is 0.233. The highest BCUT2D eigenvalue weighted by molar-refractivity contribution is 8.10. The number of hydrogen-bond donors (Lipinski definition) is 2. The monoisotopic (exact) mass is 120 g/mol. The second-order valence-electron chi connectivity index (χ2n) is 1.32. The molecular weight excluding hydrogens is 108 g/mol. The summed E-state index contributed by atoms with van der Waals surface area (Å²) in [6.07, 6.45) is 1.12. The topological polar surface area (TPSA) is 38.0 Å². The maximum Gasteiger partial charge on any atom is 0.00623 e. The predicted octanol–water partition coefficient (Wildman–Crippen LogP) is 0.476. The minimum Gasteiger partial charge on any atom is -0.272 e. The van der Waals surface area contributed by atoms with Crippen LogP contribution in [0.4, 0.5) is 0 Å². The van der Waals surface area contributed by atoms with Gasteiger partial charge in [0.2, 0.25) is 0 Å². The first-order valence-electron chi connectivity index (χ1n) is 2.29. The van der Waals surface area contributed by atoms with E-state index in [-0.39, 0.29) is 10.9 Å². The molecule has 44 valence electrons. The molecule has 3 N–H and O–H groups in total. The lowest BCUT2D eigenvalue weighted by atomic mass is 10.5. The van der Waals surface area contributed by atoms with E-state index in [1.807, 2.05) is 0 Å². The Labute approximate surface area is 47.3 Å². The summed E-state index contributed by atoms with van der Waals surface area (Å²) in [7, 11) is -0.315. The van der Waals surface area contributed by atoms with Crippen LogP contribution in [-0.2, 0) is 0 Å². The summed E-state index contributed by atoms with van der Waals surface area (Å²) in [5.74, 6) is 3.57. The molecule has 7 heavy (non-hydrogen) atoms. The molecule has 0 heterocycles. The molecule has 1 atom stereocenters. The summed E-state index contributed by atoms with van der Waals surface area (Å²) in [4.78, 5) is 0. The Morgan fingerprint density at radius 3 is 2.57 bits per heavy atom. The standard InChI is InChI=1S/C4H12N2S/c1-3-4-6-7(2)5/h6H,2-5H2,1H3. The number of rotatable bonds is 3. The minimum absolute atomic E-state index is 0.315. The first-order valence-corrected chi connectivity index (χ1v) is 3.75. The quantitative estimate of drug-likeness (QED) is 0.531. The molecule has 0 aliphatic carbocycles. The van der Waals surface area contributed by atoms with E-state index < -0.39 is 0 Å². The second-order valence-corrected chi connectivity index (χ2v) is 2.47. The SMILES string of the molecule is C=S(N)NCCC. The first kappa shape index (κ1) is 7.14. The van der Waals surface area contributed by atoms with E-state index in [4.69, 9.17) is 5.14 Å². The van der Waals surface area contributed by atoms with Crippen LogP contribution in [0.5, 0.6) is 0 Å². The van der Waals surface area contributed by atoms with Gasteiger partial charge in [0, 0.05) is 6.54 Å². The van der Waals surface area contributed by atoms with E-state index in [1.54, 1.807) is 0 Å². The zero-order valence-corrected chi connectivity index (χ0v) is 5.42. The summed E-state index contributed by atoms with van der Waals surface area (Å²) < 4.78 is 2.99. The molecule has 0 aliphatic heterocycles. The lowest BCUT2D eigenvalue weighted by molar-refractivity contribution is 0.877. The third-order valence-corrected chi connectivity index (χ3v) is 1.11. The smallest absolute Gasteiger partial charge is 0.00623 e. The maximum atomic E-state index is 5.28. The van der Waals surface area contributed by atoms with Crippen LogP contribution in [0.25, 0.3) is 0 Å². The summed E-state index contributed by atoms with van der Waals surface area (Å²) >= 11 is 0. The van der Waals surface area contributed by atoms with E-state index in [0.29, 0.717) is 0 Å². The van der Waals surface area contributed by atoms with E-state index in [2.05, 4.69) is 17.5 Å². The lowest BCUT2D eigenvalue weighted by Gasteiger charge is -1.98. The fraction of sp³-hybridized carbons (Fsp3) is 0.750. The average Bonchev–Trinajstić information content (AvgIpc) is 1.61. The third kappa shape index (κ3) is 6.14. The highest BCUT2D eigenvalue weighted by atomic mass is 32.2. The van der Waals surface area contributed by atoms with Crippen molar-refractivity contribution < 1.29 is 0 Å². The molecule has 0 aromatic rings. The lowest BCUT2D eigenvalue weighted by Crippen LogP contribution is -2.10. The van der Waals surface area contributed by atoms with Crippen molar-refractivity contribution >= 4 is 16.7 Å². The van der Waals surface area contributed by atoms with Crippen LogP contribution in [-0.4, -0.2) is 12.4 Å². The average molecular weight is 120 g/mol. The summed E-state index contributed by atoms with van der Waals surface area (Å²) in [6, 6.07) is 0. The van der Waals surface area contributed by atoms with Gasteiger partial charge < -0.3 is 0 Å². The van der Waals surface area contributed by atoms with Gasteiger partial charge in [-0.1, -0.05) is 17.8 Å². The highest BCUT2D eigenvalue weighted by Crippen LogP contribution is 1.84. The van der Waals surface area contributed by atoms with Crippen LogP contribution in [0.2, 0.25) is 0 Å². The van der Waals surface area contributed by atoms with Gasteiger partial charge in [-0.05, 0) is 12.3 Å². The van der Waals surface area contributed by atoms with Gasteiger partial charge in [0.05, 0.1) is 0 Å². The summed E-state index contributed by atoms with van der Waals surface area (Å²) in [5, 5.41) is 5.28. The highest BCUT2D eigenvalue weighted by Gasteiger charge is 1.76. The van der Waals surface area contributed by atoms with Crippen molar-refractivity contribution in [2.24, 2.45) is 5.14 Å². The molecule has 0 amide bonds. The van der Waals surface area contributed by atoms with Crippen molar-refractivity contribution in [3.8, 4) is 0 Å². The number of nitrogens with two attached hydrogens (primary N) is 1. The molecule has 0 aromatic carbocycles. The van der Waals surface area contributed by atoms with Crippen molar-refractivity contribution in [1.82, 2.24) is 4.72 Å². The Hall–Kier alpha value is 0.140. The Balaban J connectivity index is 2.82. The van der Waals surface area contributed by atoms with Gasteiger partial charge >= 0.3 is 0 Å². The number of nitrogens with one attached hydrogen (secondary N) is 1. The zero-order valence-electron chi connectivity index (χ0n) is 4.61.